The second-order valence-corrected chi connectivity index (χ2v) is 6.70. The number of aliphatic hydroxyl groups is 1. The van der Waals surface area contributed by atoms with Crippen molar-refractivity contribution < 1.29 is 14.6 Å². The first-order chi connectivity index (χ1) is 11.6. The number of nitrogens with zero attached hydrogens (tertiary/aromatic N) is 1. The van der Waals surface area contributed by atoms with E-state index < -0.39 is 6.10 Å². The zero-order valence-corrected chi connectivity index (χ0v) is 14.8. The molecule has 1 unspecified atom stereocenters. The Hall–Kier alpha value is -1.59. The summed E-state index contributed by atoms with van der Waals surface area (Å²) >= 11 is 0. The van der Waals surface area contributed by atoms with E-state index >= 15 is 0 Å². The van der Waals surface area contributed by atoms with Crippen molar-refractivity contribution in [2.45, 2.75) is 57.7 Å². The summed E-state index contributed by atoms with van der Waals surface area (Å²) < 4.78 is 5.20. The number of hydrogen-bond donors (Lipinski definition) is 2. The van der Waals surface area contributed by atoms with Crippen LogP contribution in [0.2, 0.25) is 0 Å². The summed E-state index contributed by atoms with van der Waals surface area (Å²) in [4.78, 5) is 14.5. The quantitative estimate of drug-likeness (QED) is 0.766. The zero-order valence-electron chi connectivity index (χ0n) is 14.8. The van der Waals surface area contributed by atoms with E-state index in [-0.39, 0.29) is 5.91 Å². The van der Waals surface area contributed by atoms with Gasteiger partial charge in [-0.15, -0.1) is 0 Å². The molecule has 1 aliphatic rings. The third-order valence-corrected chi connectivity index (χ3v) is 4.56. The highest BCUT2D eigenvalue weighted by atomic mass is 16.5. The van der Waals surface area contributed by atoms with Gasteiger partial charge >= 0.3 is 0 Å². The topological polar surface area (TPSA) is 61.8 Å². The van der Waals surface area contributed by atoms with Gasteiger partial charge in [-0.25, -0.2) is 0 Å². The van der Waals surface area contributed by atoms with E-state index in [4.69, 9.17) is 4.74 Å². The van der Waals surface area contributed by atoms with E-state index in [0.29, 0.717) is 25.7 Å². The highest BCUT2D eigenvalue weighted by Gasteiger charge is 2.24. The van der Waals surface area contributed by atoms with Gasteiger partial charge in [0.2, 0.25) is 5.91 Å². The lowest BCUT2D eigenvalue weighted by Crippen LogP contribution is -2.46. The van der Waals surface area contributed by atoms with Gasteiger partial charge in [-0.2, -0.15) is 0 Å². The van der Waals surface area contributed by atoms with E-state index in [1.54, 1.807) is 14.0 Å². The highest BCUT2D eigenvalue weighted by molar-refractivity contribution is 5.78. The molecule has 1 atom stereocenters. The predicted molar refractivity (Wildman–Crippen MR) is 95.0 cm³/mol. The summed E-state index contributed by atoms with van der Waals surface area (Å²) in [6, 6.07) is 8.11. The van der Waals surface area contributed by atoms with Crippen LogP contribution in [0, 0.1) is 0 Å². The molecule has 1 aliphatic carbocycles. The maximum Gasteiger partial charge on any atom is 0.234 e. The number of carbonyl (C=O) groups excluding carboxylic acids is 1. The van der Waals surface area contributed by atoms with Crippen LogP contribution in [-0.4, -0.2) is 48.3 Å². The third kappa shape index (κ3) is 6.13. The van der Waals surface area contributed by atoms with Crippen LogP contribution < -0.4 is 10.1 Å². The first-order valence-electron chi connectivity index (χ1n) is 8.90. The van der Waals surface area contributed by atoms with Gasteiger partial charge in [0.1, 0.15) is 5.75 Å². The highest BCUT2D eigenvalue weighted by Crippen LogP contribution is 2.22. The van der Waals surface area contributed by atoms with Gasteiger partial charge in [-0.1, -0.05) is 31.4 Å². The molecule has 1 amide bonds. The molecule has 0 bridgehead atoms. The van der Waals surface area contributed by atoms with Crippen molar-refractivity contribution in [3.05, 3.63) is 29.8 Å². The van der Waals surface area contributed by atoms with Crippen LogP contribution in [0.3, 0.4) is 0 Å². The number of amides is 1. The Labute approximate surface area is 145 Å². The van der Waals surface area contributed by atoms with Crippen molar-refractivity contribution in [1.82, 2.24) is 10.2 Å². The Bertz CT molecular complexity index is 513. The molecule has 0 saturated heterocycles. The fraction of sp³-hybridized carbons (Fsp3) is 0.632. The van der Waals surface area contributed by atoms with Crippen molar-refractivity contribution >= 4 is 5.91 Å². The normalized spacial score (nSPS) is 16.8. The van der Waals surface area contributed by atoms with Crippen LogP contribution in [0.25, 0.3) is 0 Å². The standard InChI is InChI=1S/C19H30N2O3/c1-15(22)13-21(17-8-4-3-5-9-17)14-19(23)20-12-16-7-6-10-18(11-16)24-2/h6-7,10-11,15,17,22H,3-5,8-9,12-14H2,1-2H3,(H,20,23). The molecule has 0 heterocycles. The van der Waals surface area contributed by atoms with E-state index in [0.717, 1.165) is 24.2 Å². The fourth-order valence-corrected chi connectivity index (χ4v) is 3.35. The molecule has 0 aromatic heterocycles. The van der Waals surface area contributed by atoms with Crippen molar-refractivity contribution in [2.24, 2.45) is 0 Å². The molecule has 1 fully saturated rings. The zero-order chi connectivity index (χ0) is 17.4. The van der Waals surface area contributed by atoms with Crippen molar-refractivity contribution in [3.8, 4) is 5.75 Å². The Morgan fingerprint density at radius 3 is 2.79 bits per heavy atom. The lowest BCUT2D eigenvalue weighted by molar-refractivity contribution is -0.123. The number of rotatable bonds is 8. The summed E-state index contributed by atoms with van der Waals surface area (Å²) in [5.74, 6) is 0.795. The molecule has 5 nitrogen and oxygen atoms in total. The van der Waals surface area contributed by atoms with Crippen LogP contribution in [0.5, 0.6) is 5.75 Å². The minimum absolute atomic E-state index is 0.00374. The molecule has 1 aromatic rings. The van der Waals surface area contributed by atoms with Crippen molar-refractivity contribution in [3.63, 3.8) is 0 Å². The molecule has 1 aromatic carbocycles. The number of benzene rings is 1. The second kappa shape index (κ2) is 9.64. The van der Waals surface area contributed by atoms with Crippen LogP contribution >= 0.6 is 0 Å². The summed E-state index contributed by atoms with van der Waals surface area (Å²) in [5, 5.41) is 12.7. The molecular weight excluding hydrogens is 304 g/mol. The Morgan fingerprint density at radius 1 is 1.38 bits per heavy atom. The summed E-state index contributed by atoms with van der Waals surface area (Å²) in [6.07, 6.45) is 5.53. The SMILES string of the molecule is COc1cccc(CNC(=O)CN(CC(C)O)C2CCCCC2)c1. The van der Waals surface area contributed by atoms with Gasteiger partial charge in [0.15, 0.2) is 0 Å². The fourth-order valence-electron chi connectivity index (χ4n) is 3.35. The van der Waals surface area contributed by atoms with Gasteiger partial charge in [0.05, 0.1) is 19.8 Å². The molecular formula is C19H30N2O3. The maximum atomic E-state index is 12.3. The molecule has 0 spiro atoms. The van der Waals surface area contributed by atoms with Crippen molar-refractivity contribution in [1.29, 1.82) is 0 Å². The molecule has 1 saturated carbocycles. The van der Waals surface area contributed by atoms with Crippen molar-refractivity contribution in [2.75, 3.05) is 20.2 Å². The molecule has 134 valence electrons. The van der Waals surface area contributed by atoms with Gasteiger partial charge in [-0.3, -0.25) is 9.69 Å². The summed E-state index contributed by atoms with van der Waals surface area (Å²) in [7, 11) is 1.63. The first kappa shape index (κ1) is 18.7. The van der Waals surface area contributed by atoms with Gasteiger partial charge in [-0.05, 0) is 37.5 Å². The Kier molecular flexibility index (Phi) is 7.53. The van der Waals surface area contributed by atoms with Gasteiger partial charge < -0.3 is 15.2 Å². The summed E-state index contributed by atoms with van der Waals surface area (Å²) in [5.41, 5.74) is 1.02. The number of methoxy groups -OCH3 is 1. The van der Waals surface area contributed by atoms with Crippen LogP contribution in [-0.2, 0) is 11.3 Å². The van der Waals surface area contributed by atoms with Crippen LogP contribution in [0.15, 0.2) is 24.3 Å². The number of carbonyl (C=O) groups is 1. The number of nitrogens with one attached hydrogen (secondary N) is 1. The average molecular weight is 334 g/mol. The minimum atomic E-state index is -0.418. The lowest BCUT2D eigenvalue weighted by Gasteiger charge is -2.34. The average Bonchev–Trinajstić information content (AvgIpc) is 2.60. The van der Waals surface area contributed by atoms with Gasteiger partial charge in [0, 0.05) is 19.1 Å². The monoisotopic (exact) mass is 334 g/mol. The first-order valence-corrected chi connectivity index (χ1v) is 8.90. The van der Waals surface area contributed by atoms with E-state index in [1.165, 1.54) is 19.3 Å². The van der Waals surface area contributed by atoms with E-state index in [9.17, 15) is 9.90 Å². The molecule has 5 heteroatoms. The van der Waals surface area contributed by atoms with E-state index in [2.05, 4.69) is 10.2 Å². The Balaban J connectivity index is 1.86. The maximum absolute atomic E-state index is 12.3. The predicted octanol–water partition coefficient (Wildman–Crippen LogP) is 2.33. The molecule has 24 heavy (non-hydrogen) atoms. The van der Waals surface area contributed by atoms with Gasteiger partial charge in [0.25, 0.3) is 0 Å². The minimum Gasteiger partial charge on any atom is -0.497 e. The number of hydrogen-bond acceptors (Lipinski definition) is 4. The molecule has 2 rings (SSSR count). The third-order valence-electron chi connectivity index (χ3n) is 4.56. The molecule has 0 aliphatic heterocycles. The second-order valence-electron chi connectivity index (χ2n) is 6.70. The largest absolute Gasteiger partial charge is 0.497 e. The smallest absolute Gasteiger partial charge is 0.234 e. The number of aliphatic hydroxyl groups excluding tert-OH is 1. The molecule has 2 N–H and O–H groups in total. The van der Waals surface area contributed by atoms with Crippen LogP contribution in [0.1, 0.15) is 44.6 Å². The number of ether oxygens (including phenoxy) is 1. The van der Waals surface area contributed by atoms with E-state index in [1.807, 2.05) is 24.3 Å². The molecule has 0 radical (unpaired) electrons. The lowest BCUT2D eigenvalue weighted by atomic mass is 9.94. The summed E-state index contributed by atoms with van der Waals surface area (Å²) in [6.45, 7) is 3.17. The Morgan fingerprint density at radius 2 is 2.12 bits per heavy atom. The van der Waals surface area contributed by atoms with Crippen LogP contribution in [0.4, 0.5) is 0 Å².